The summed E-state index contributed by atoms with van der Waals surface area (Å²) in [6.07, 6.45) is 0. The van der Waals surface area contributed by atoms with Crippen LogP contribution in [0.3, 0.4) is 0 Å². The number of hydrogen-bond donors (Lipinski definition) is 1. The van der Waals surface area contributed by atoms with Gasteiger partial charge in [0, 0.05) is 0 Å². The van der Waals surface area contributed by atoms with Crippen molar-refractivity contribution < 1.29 is 9.90 Å². The maximum absolute atomic E-state index is 9.74. The van der Waals surface area contributed by atoms with Gasteiger partial charge in [0.15, 0.2) is 5.78 Å². The van der Waals surface area contributed by atoms with E-state index in [-0.39, 0.29) is 6.54 Å². The van der Waals surface area contributed by atoms with Crippen molar-refractivity contribution in [2.75, 3.05) is 13.2 Å². The number of rotatable bonds is 2. The van der Waals surface area contributed by atoms with Crippen molar-refractivity contribution in [2.45, 2.75) is 0 Å². The van der Waals surface area contributed by atoms with Crippen LogP contribution in [0.2, 0.25) is 0 Å². The molecule has 2 N–H and O–H groups in total. The van der Waals surface area contributed by atoms with Gasteiger partial charge in [-0.3, -0.25) is 4.79 Å². The van der Waals surface area contributed by atoms with Gasteiger partial charge in [-0.15, -0.1) is 0 Å². The molecule has 0 saturated heterocycles. The number of Topliss-reactive ketones (excluding diaryl/α,β-unsaturated/α-hetero) is 1. The molecule has 35 valence electrons. The minimum Gasteiger partial charge on any atom is -0.324 e. The number of carbonyl (C=O) groups is 1. The molecule has 0 aliphatic carbocycles. The van der Waals surface area contributed by atoms with E-state index >= 15 is 0 Å². The summed E-state index contributed by atoms with van der Waals surface area (Å²) in [7, 11) is 0. The van der Waals surface area contributed by atoms with E-state index in [1.807, 2.05) is 0 Å². The van der Waals surface area contributed by atoms with Gasteiger partial charge in [-0.1, -0.05) is 0 Å². The maximum Gasteiger partial charge on any atom is 0.175 e. The molecule has 0 bridgehead atoms. The lowest BCUT2D eigenvalue weighted by atomic mass is 10.4. The molecule has 0 aliphatic heterocycles. The molecule has 0 unspecified atom stereocenters. The fraction of sp³-hybridized carbons (Fsp3) is 0.667. The predicted octanol–water partition coefficient (Wildman–Crippen LogP) is -1.06. The second-order valence-electron chi connectivity index (χ2n) is 0.887. The first-order chi connectivity index (χ1) is 2.81. The molecule has 0 spiro atoms. The van der Waals surface area contributed by atoms with Crippen molar-refractivity contribution in [1.29, 1.82) is 0 Å². The molecule has 3 heteroatoms. The van der Waals surface area contributed by atoms with Crippen LogP contribution in [0.15, 0.2) is 0 Å². The Kier molecular flexibility index (Phi) is 2.62. The summed E-state index contributed by atoms with van der Waals surface area (Å²) >= 11 is 0. The van der Waals surface area contributed by atoms with Gasteiger partial charge in [0.1, 0.15) is 6.61 Å². The Bertz CT molecular complexity index is 46.8. The molecule has 0 aromatic rings. The van der Waals surface area contributed by atoms with Crippen LogP contribution in [0.25, 0.3) is 0 Å². The van der Waals surface area contributed by atoms with Gasteiger partial charge in [-0.25, -0.2) is 5.11 Å². The van der Waals surface area contributed by atoms with E-state index in [1.54, 1.807) is 0 Å². The van der Waals surface area contributed by atoms with Crippen LogP contribution in [0.5, 0.6) is 0 Å². The van der Waals surface area contributed by atoms with E-state index in [0.29, 0.717) is 0 Å². The average Bonchev–Trinajstić information content (AvgIpc) is 1.65. The third-order valence-corrected chi connectivity index (χ3v) is 0.389. The Hall–Kier alpha value is -0.410. The van der Waals surface area contributed by atoms with Crippen LogP contribution >= 0.6 is 0 Å². The average molecular weight is 88.1 g/mol. The lowest BCUT2D eigenvalue weighted by Gasteiger charge is -1.79. The van der Waals surface area contributed by atoms with Crippen molar-refractivity contribution in [3.05, 3.63) is 0 Å². The monoisotopic (exact) mass is 88.0 g/mol. The number of carbonyl (C=O) groups excluding carboxylic acids is 1. The Balaban J connectivity index is 2.99. The SMILES string of the molecule is NCC(=O)C[O]. The zero-order valence-electron chi connectivity index (χ0n) is 3.31. The second kappa shape index (κ2) is 2.81. The fourth-order valence-corrected chi connectivity index (χ4v) is 0.0589. The highest BCUT2D eigenvalue weighted by atomic mass is 16.3. The highest BCUT2D eigenvalue weighted by Crippen LogP contribution is 1.58. The normalized spacial score (nSPS) is 8.33. The van der Waals surface area contributed by atoms with E-state index in [4.69, 9.17) is 5.73 Å². The first-order valence-corrected chi connectivity index (χ1v) is 1.61. The molecule has 0 atom stereocenters. The van der Waals surface area contributed by atoms with Gasteiger partial charge in [0.05, 0.1) is 6.54 Å². The van der Waals surface area contributed by atoms with Crippen molar-refractivity contribution in [2.24, 2.45) is 5.73 Å². The van der Waals surface area contributed by atoms with Gasteiger partial charge in [0.25, 0.3) is 0 Å². The minimum atomic E-state index is -0.684. The van der Waals surface area contributed by atoms with E-state index in [1.165, 1.54) is 0 Å². The molecule has 0 saturated carbocycles. The number of ketones is 1. The van der Waals surface area contributed by atoms with Crippen LogP contribution in [0.1, 0.15) is 0 Å². The largest absolute Gasteiger partial charge is 0.324 e. The van der Waals surface area contributed by atoms with Crippen LogP contribution in [-0.2, 0) is 9.90 Å². The van der Waals surface area contributed by atoms with E-state index in [0.717, 1.165) is 0 Å². The van der Waals surface area contributed by atoms with Crippen molar-refractivity contribution in [3.63, 3.8) is 0 Å². The van der Waals surface area contributed by atoms with Crippen LogP contribution in [0, 0.1) is 0 Å². The molecule has 0 fully saturated rings. The topological polar surface area (TPSA) is 63.0 Å². The molecule has 1 radical (unpaired) electrons. The smallest absolute Gasteiger partial charge is 0.175 e. The molecule has 3 nitrogen and oxygen atoms in total. The van der Waals surface area contributed by atoms with Crippen molar-refractivity contribution in [1.82, 2.24) is 0 Å². The van der Waals surface area contributed by atoms with Gasteiger partial charge in [-0.05, 0) is 0 Å². The Morgan fingerprint density at radius 1 is 1.67 bits per heavy atom. The second-order valence-corrected chi connectivity index (χ2v) is 0.887. The molecule has 0 aliphatic rings. The molecule has 0 aromatic heterocycles. The Morgan fingerprint density at radius 3 is 2.17 bits per heavy atom. The van der Waals surface area contributed by atoms with Crippen LogP contribution in [0.4, 0.5) is 0 Å². The highest BCUT2D eigenvalue weighted by Gasteiger charge is 1.90. The lowest BCUT2D eigenvalue weighted by molar-refractivity contribution is -0.122. The highest BCUT2D eigenvalue weighted by molar-refractivity contribution is 5.81. The van der Waals surface area contributed by atoms with Crippen molar-refractivity contribution >= 4 is 5.78 Å². The zero-order chi connectivity index (χ0) is 4.99. The van der Waals surface area contributed by atoms with Gasteiger partial charge < -0.3 is 5.73 Å². The van der Waals surface area contributed by atoms with Gasteiger partial charge >= 0.3 is 0 Å². The first kappa shape index (κ1) is 5.59. The standard InChI is InChI=1S/C3H6NO2/c4-1-3(6)2-5/h1-2,4H2. The van der Waals surface area contributed by atoms with Crippen molar-refractivity contribution in [3.8, 4) is 0 Å². The van der Waals surface area contributed by atoms with E-state index in [2.05, 4.69) is 0 Å². The Morgan fingerprint density at radius 2 is 2.17 bits per heavy atom. The molecule has 0 rings (SSSR count). The molecular formula is C3H6NO2. The minimum absolute atomic E-state index is 0.122. The summed E-state index contributed by atoms with van der Waals surface area (Å²) < 4.78 is 0. The number of hydrogen-bond acceptors (Lipinski definition) is 2. The lowest BCUT2D eigenvalue weighted by Crippen LogP contribution is -2.15. The van der Waals surface area contributed by atoms with Crippen LogP contribution < -0.4 is 5.73 Å². The number of nitrogens with two attached hydrogens (primary N) is 1. The van der Waals surface area contributed by atoms with E-state index in [9.17, 15) is 9.90 Å². The molecule has 6 heavy (non-hydrogen) atoms. The van der Waals surface area contributed by atoms with Gasteiger partial charge in [0.2, 0.25) is 0 Å². The van der Waals surface area contributed by atoms with Gasteiger partial charge in [-0.2, -0.15) is 0 Å². The molecular weight excluding hydrogens is 82.0 g/mol. The van der Waals surface area contributed by atoms with E-state index < -0.39 is 12.4 Å². The fourth-order valence-electron chi connectivity index (χ4n) is 0.0589. The first-order valence-electron chi connectivity index (χ1n) is 1.61. The summed E-state index contributed by atoms with van der Waals surface area (Å²) in [6, 6.07) is 0. The van der Waals surface area contributed by atoms with Crippen LogP contribution in [-0.4, -0.2) is 18.9 Å². The molecule has 0 heterocycles. The summed E-state index contributed by atoms with van der Waals surface area (Å²) in [5.41, 5.74) is 4.73. The quantitative estimate of drug-likeness (QED) is 0.468. The third kappa shape index (κ3) is 1.87. The predicted molar refractivity (Wildman–Crippen MR) is 19.6 cm³/mol. The summed E-state index contributed by atoms with van der Waals surface area (Å²) in [5.74, 6) is -0.435. The molecule has 0 amide bonds. The maximum atomic E-state index is 9.74. The summed E-state index contributed by atoms with van der Waals surface area (Å²) in [5, 5.41) is 9.43. The third-order valence-electron chi connectivity index (χ3n) is 0.389. The zero-order valence-corrected chi connectivity index (χ0v) is 3.31. The molecule has 0 aromatic carbocycles. The summed E-state index contributed by atoms with van der Waals surface area (Å²) in [6.45, 7) is -0.806. The Labute approximate surface area is 35.8 Å². The summed E-state index contributed by atoms with van der Waals surface area (Å²) in [4.78, 5) is 9.74.